The highest BCUT2D eigenvalue weighted by Crippen LogP contribution is 2.34. The van der Waals surface area contributed by atoms with Gasteiger partial charge in [0.15, 0.2) is 11.5 Å². The molecular weight excluding hydrogens is 320 g/mol. The smallest absolute Gasteiger partial charge is 0.323 e. The first kappa shape index (κ1) is 15.1. The van der Waals surface area contributed by atoms with E-state index in [2.05, 4.69) is 15.6 Å². The number of amides is 2. The first-order valence-corrected chi connectivity index (χ1v) is 7.77. The van der Waals surface area contributed by atoms with Crippen LogP contribution in [-0.2, 0) is 0 Å². The maximum atomic E-state index is 12.2. The third-order valence-corrected chi connectivity index (χ3v) is 3.88. The van der Waals surface area contributed by atoms with E-state index in [4.69, 9.17) is 15.2 Å². The number of nitrogens with two attached hydrogens (primary N) is 1. The van der Waals surface area contributed by atoms with Crippen molar-refractivity contribution in [2.75, 3.05) is 17.4 Å². The number of fused-ring (bicyclic) bond motifs is 1. The van der Waals surface area contributed by atoms with Gasteiger partial charge in [-0.3, -0.25) is 0 Å². The zero-order chi connectivity index (χ0) is 17.2. The normalized spacial score (nSPS) is 14.7. The van der Waals surface area contributed by atoms with Crippen LogP contribution in [0.1, 0.15) is 12.0 Å². The fraction of sp³-hybridized carbons (Fsp3) is 0.111. The monoisotopic (exact) mass is 336 g/mol. The summed E-state index contributed by atoms with van der Waals surface area (Å²) in [6.07, 6.45) is 2.37. The molecular formula is C18H16N4O3. The quantitative estimate of drug-likeness (QED) is 0.802. The number of amidine groups is 1. The van der Waals surface area contributed by atoms with E-state index < -0.39 is 0 Å². The summed E-state index contributed by atoms with van der Waals surface area (Å²) in [5.41, 5.74) is 9.01. The van der Waals surface area contributed by atoms with Crippen molar-refractivity contribution >= 4 is 28.8 Å². The number of hydrogen-bond donors (Lipinski definition) is 3. The molecule has 4 N–H and O–H groups in total. The van der Waals surface area contributed by atoms with Gasteiger partial charge in [0.25, 0.3) is 0 Å². The van der Waals surface area contributed by atoms with Gasteiger partial charge in [-0.05, 0) is 35.4 Å². The second-order valence-corrected chi connectivity index (χ2v) is 5.68. The maximum Gasteiger partial charge on any atom is 0.323 e. The van der Waals surface area contributed by atoms with E-state index >= 15 is 0 Å². The Labute approximate surface area is 144 Å². The van der Waals surface area contributed by atoms with Gasteiger partial charge in [0.2, 0.25) is 6.79 Å². The Morgan fingerprint density at radius 3 is 2.64 bits per heavy atom. The van der Waals surface area contributed by atoms with Crippen LogP contribution in [0.3, 0.4) is 0 Å². The molecule has 0 fully saturated rings. The summed E-state index contributed by atoms with van der Waals surface area (Å²) in [5, 5.41) is 5.59. The molecule has 0 aromatic heterocycles. The number of nitrogens with zero attached hydrogens (tertiary/aromatic N) is 1. The number of hydrogen-bond acceptors (Lipinski definition) is 5. The third-order valence-electron chi connectivity index (χ3n) is 3.88. The van der Waals surface area contributed by atoms with Crippen LogP contribution in [0, 0.1) is 0 Å². The molecule has 7 heteroatoms. The van der Waals surface area contributed by atoms with E-state index in [0.29, 0.717) is 35.1 Å². The average Bonchev–Trinajstić information content (AvgIpc) is 3.23. The number of anilines is 2. The number of urea groups is 1. The van der Waals surface area contributed by atoms with Crippen LogP contribution < -0.4 is 25.8 Å². The lowest BCUT2D eigenvalue weighted by Gasteiger charge is -2.10. The van der Waals surface area contributed by atoms with E-state index in [9.17, 15) is 4.79 Å². The van der Waals surface area contributed by atoms with E-state index in [-0.39, 0.29) is 12.8 Å². The molecule has 2 heterocycles. The van der Waals surface area contributed by atoms with Crippen LogP contribution in [0.15, 0.2) is 53.7 Å². The van der Waals surface area contributed by atoms with Crippen molar-refractivity contribution < 1.29 is 14.3 Å². The Balaban J connectivity index is 1.43. The number of rotatable bonds is 3. The van der Waals surface area contributed by atoms with Crippen molar-refractivity contribution in [3.63, 3.8) is 0 Å². The summed E-state index contributed by atoms with van der Waals surface area (Å²) >= 11 is 0. The molecule has 0 aliphatic carbocycles. The van der Waals surface area contributed by atoms with E-state index in [0.717, 1.165) is 11.1 Å². The zero-order valence-corrected chi connectivity index (χ0v) is 13.3. The maximum absolute atomic E-state index is 12.2. The standard InChI is InChI=1S/C18H16N4O3/c19-17-7-12(9-20-17)11-2-1-3-13(6-11)21-18(23)22-14-4-5-15-16(8-14)25-10-24-15/h1-6,8-9H,7,10H2,(H2,19,20)(H2,21,22,23). The number of benzene rings is 2. The van der Waals surface area contributed by atoms with Gasteiger partial charge in [0.05, 0.1) is 0 Å². The van der Waals surface area contributed by atoms with E-state index in [1.807, 2.05) is 24.3 Å². The summed E-state index contributed by atoms with van der Waals surface area (Å²) in [6.45, 7) is 0.196. The Kier molecular flexibility index (Phi) is 3.74. The molecule has 126 valence electrons. The minimum atomic E-state index is -0.341. The zero-order valence-electron chi connectivity index (χ0n) is 13.3. The van der Waals surface area contributed by atoms with Crippen molar-refractivity contribution in [3.8, 4) is 11.5 Å². The topological polar surface area (TPSA) is 98.0 Å². The van der Waals surface area contributed by atoms with Gasteiger partial charge in [0, 0.05) is 30.1 Å². The van der Waals surface area contributed by atoms with Gasteiger partial charge < -0.3 is 25.8 Å². The highest BCUT2D eigenvalue weighted by molar-refractivity contribution is 6.01. The molecule has 2 aliphatic heterocycles. The van der Waals surface area contributed by atoms with Gasteiger partial charge in [0.1, 0.15) is 5.84 Å². The first-order chi connectivity index (χ1) is 12.2. The van der Waals surface area contributed by atoms with Crippen LogP contribution in [0.4, 0.5) is 16.2 Å². The lowest BCUT2D eigenvalue weighted by molar-refractivity contribution is 0.174. The number of nitrogens with one attached hydrogen (secondary N) is 2. The highest BCUT2D eigenvalue weighted by Gasteiger charge is 2.14. The predicted octanol–water partition coefficient (Wildman–Crippen LogP) is 3.16. The Morgan fingerprint density at radius 2 is 1.84 bits per heavy atom. The molecule has 25 heavy (non-hydrogen) atoms. The summed E-state index contributed by atoms with van der Waals surface area (Å²) in [7, 11) is 0. The van der Waals surface area contributed by atoms with Crippen molar-refractivity contribution in [1.29, 1.82) is 0 Å². The first-order valence-electron chi connectivity index (χ1n) is 7.77. The lowest BCUT2D eigenvalue weighted by atomic mass is 10.0. The fourth-order valence-corrected chi connectivity index (χ4v) is 2.69. The lowest BCUT2D eigenvalue weighted by Crippen LogP contribution is -2.19. The van der Waals surface area contributed by atoms with Gasteiger partial charge >= 0.3 is 6.03 Å². The molecule has 0 saturated heterocycles. The molecule has 2 amide bonds. The summed E-state index contributed by atoms with van der Waals surface area (Å²) in [6, 6.07) is 12.4. The molecule has 4 rings (SSSR count). The van der Waals surface area contributed by atoms with Gasteiger partial charge in [-0.15, -0.1) is 0 Å². The summed E-state index contributed by atoms with van der Waals surface area (Å²) in [5.74, 6) is 1.88. The van der Waals surface area contributed by atoms with Crippen LogP contribution >= 0.6 is 0 Å². The minimum absolute atomic E-state index is 0.196. The summed E-state index contributed by atoms with van der Waals surface area (Å²) < 4.78 is 10.5. The SMILES string of the molecule is NC1=NC=C(c2cccc(NC(=O)Nc3ccc4c(c3)OCO4)c2)C1. The average molecular weight is 336 g/mol. The van der Waals surface area contributed by atoms with Crippen molar-refractivity contribution in [2.24, 2.45) is 10.7 Å². The molecule has 2 aromatic carbocycles. The van der Waals surface area contributed by atoms with Crippen LogP contribution in [0.5, 0.6) is 11.5 Å². The molecule has 7 nitrogen and oxygen atoms in total. The number of carbonyl (C=O) groups excluding carboxylic acids is 1. The summed E-state index contributed by atoms with van der Waals surface area (Å²) in [4.78, 5) is 16.3. The van der Waals surface area contributed by atoms with Crippen molar-refractivity contribution in [3.05, 3.63) is 54.2 Å². The number of ether oxygens (including phenoxy) is 2. The van der Waals surface area contributed by atoms with E-state index in [1.165, 1.54) is 0 Å². The van der Waals surface area contributed by atoms with Crippen LogP contribution in [-0.4, -0.2) is 18.7 Å². The second-order valence-electron chi connectivity index (χ2n) is 5.68. The highest BCUT2D eigenvalue weighted by atomic mass is 16.7. The molecule has 2 aliphatic rings. The largest absolute Gasteiger partial charge is 0.454 e. The number of aliphatic imine (C=N–C) groups is 1. The van der Waals surface area contributed by atoms with Crippen molar-refractivity contribution in [2.45, 2.75) is 6.42 Å². The molecule has 0 saturated carbocycles. The molecule has 0 spiro atoms. The van der Waals surface area contributed by atoms with Crippen LogP contribution in [0.25, 0.3) is 5.57 Å². The van der Waals surface area contributed by atoms with Crippen molar-refractivity contribution in [1.82, 2.24) is 0 Å². The second kappa shape index (κ2) is 6.20. The Hall–Kier alpha value is -3.48. The van der Waals surface area contributed by atoms with Gasteiger partial charge in [-0.2, -0.15) is 0 Å². The predicted molar refractivity (Wildman–Crippen MR) is 95.9 cm³/mol. The molecule has 0 unspecified atom stereocenters. The molecule has 2 aromatic rings. The van der Waals surface area contributed by atoms with Gasteiger partial charge in [-0.25, -0.2) is 9.79 Å². The fourth-order valence-electron chi connectivity index (χ4n) is 2.69. The molecule has 0 atom stereocenters. The molecule has 0 bridgehead atoms. The van der Waals surface area contributed by atoms with Gasteiger partial charge in [-0.1, -0.05) is 12.1 Å². The molecule has 0 radical (unpaired) electrons. The Morgan fingerprint density at radius 1 is 1.04 bits per heavy atom. The van der Waals surface area contributed by atoms with Crippen LogP contribution in [0.2, 0.25) is 0 Å². The third kappa shape index (κ3) is 3.25. The van der Waals surface area contributed by atoms with E-state index in [1.54, 1.807) is 24.4 Å². The minimum Gasteiger partial charge on any atom is -0.454 e. The number of carbonyl (C=O) groups is 1. The Bertz CT molecular complexity index is 905.